The Balaban J connectivity index is 1.97. The first kappa shape index (κ1) is 14.8. The number of fused-ring (bicyclic) bond motifs is 1. The lowest BCUT2D eigenvalue weighted by Gasteiger charge is -2.29. The average molecular weight is 364 g/mol. The summed E-state index contributed by atoms with van der Waals surface area (Å²) in [5, 5.41) is 0. The van der Waals surface area contributed by atoms with E-state index < -0.39 is 0 Å². The third-order valence-electron chi connectivity index (χ3n) is 3.63. The van der Waals surface area contributed by atoms with Crippen molar-refractivity contribution < 1.29 is 13.9 Å². The number of nitrogens with zero attached hydrogens (tertiary/aromatic N) is 1. The number of carbonyl (C=O) groups excluding carboxylic acids is 1. The molecule has 0 spiro atoms. The van der Waals surface area contributed by atoms with E-state index in [-0.39, 0.29) is 22.8 Å². The first-order valence-corrected chi connectivity index (χ1v) is 7.66. The number of anilines is 1. The first-order chi connectivity index (χ1) is 10.6. The van der Waals surface area contributed by atoms with Crippen molar-refractivity contribution in [1.82, 2.24) is 0 Å². The summed E-state index contributed by atoms with van der Waals surface area (Å²) in [6.45, 7) is 0.600. The van der Waals surface area contributed by atoms with Gasteiger partial charge in [0.2, 0.25) is 11.2 Å². The Morgan fingerprint density at radius 2 is 2.18 bits per heavy atom. The molecule has 1 aliphatic heterocycles. The Kier molecular flexibility index (Phi) is 4.02. The maximum absolute atomic E-state index is 12.6. The number of rotatable bonds is 2. The zero-order valence-electron chi connectivity index (χ0n) is 12.0. The van der Waals surface area contributed by atoms with Gasteiger partial charge in [0, 0.05) is 22.8 Å². The average Bonchev–Trinajstić information content (AvgIpc) is 2.53. The molecule has 0 radical (unpaired) electrons. The van der Waals surface area contributed by atoms with E-state index in [0.29, 0.717) is 6.54 Å². The molecule has 1 aromatic heterocycles. The van der Waals surface area contributed by atoms with Crippen molar-refractivity contribution in [3.05, 3.63) is 56.5 Å². The molecule has 2 heterocycles. The normalized spacial score (nSPS) is 13.6. The van der Waals surface area contributed by atoms with Crippen LogP contribution in [-0.4, -0.2) is 19.6 Å². The lowest BCUT2D eigenvalue weighted by Crippen LogP contribution is -2.35. The van der Waals surface area contributed by atoms with Gasteiger partial charge >= 0.3 is 0 Å². The van der Waals surface area contributed by atoms with Gasteiger partial charge in [-0.25, -0.2) is 0 Å². The number of hydrogen-bond acceptors (Lipinski definition) is 4. The fourth-order valence-electron chi connectivity index (χ4n) is 2.57. The molecule has 0 unspecified atom stereocenters. The first-order valence-electron chi connectivity index (χ1n) is 6.87. The lowest BCUT2D eigenvalue weighted by molar-refractivity contribution is 0.0955. The number of benzene rings is 1. The lowest BCUT2D eigenvalue weighted by atomic mass is 10.0. The van der Waals surface area contributed by atoms with Gasteiger partial charge in [0.1, 0.15) is 6.26 Å². The van der Waals surface area contributed by atoms with E-state index in [1.54, 1.807) is 4.90 Å². The summed E-state index contributed by atoms with van der Waals surface area (Å²) < 4.78 is 11.1. The van der Waals surface area contributed by atoms with Crippen molar-refractivity contribution in [1.29, 1.82) is 0 Å². The minimum absolute atomic E-state index is 0.0153. The molecule has 1 aliphatic rings. The Morgan fingerprint density at radius 1 is 1.36 bits per heavy atom. The molecule has 3 rings (SSSR count). The van der Waals surface area contributed by atoms with Gasteiger partial charge < -0.3 is 14.1 Å². The predicted molar refractivity (Wildman–Crippen MR) is 85.7 cm³/mol. The number of aryl methyl sites for hydroxylation is 1. The summed E-state index contributed by atoms with van der Waals surface area (Å²) in [6, 6.07) is 6.99. The van der Waals surface area contributed by atoms with Crippen molar-refractivity contribution in [3.63, 3.8) is 0 Å². The zero-order valence-corrected chi connectivity index (χ0v) is 13.6. The molecule has 0 fully saturated rings. The summed E-state index contributed by atoms with van der Waals surface area (Å²) in [6.07, 6.45) is 2.96. The standard InChI is InChI=1S/C16H14BrNO4/c1-21-15-9-22-14(8-13(15)19)16(20)18-6-2-3-10-7-11(17)4-5-12(10)18/h4-5,7-9H,2-3,6H2,1H3. The molecule has 5 nitrogen and oxygen atoms in total. The van der Waals surface area contributed by atoms with E-state index in [0.717, 1.165) is 28.6 Å². The number of hydrogen-bond donors (Lipinski definition) is 0. The second-order valence-electron chi connectivity index (χ2n) is 5.01. The van der Waals surface area contributed by atoms with Crippen LogP contribution in [0, 0.1) is 0 Å². The topological polar surface area (TPSA) is 59.8 Å². The van der Waals surface area contributed by atoms with Gasteiger partial charge in [0.15, 0.2) is 5.76 Å². The van der Waals surface area contributed by atoms with Crippen molar-refractivity contribution in [3.8, 4) is 5.75 Å². The van der Waals surface area contributed by atoms with Crippen LogP contribution >= 0.6 is 15.9 Å². The SMILES string of the molecule is COc1coc(C(=O)N2CCCc3cc(Br)ccc32)cc1=O. The van der Waals surface area contributed by atoms with Crippen LogP contribution in [0.15, 0.2) is 44.2 Å². The molecule has 2 aromatic rings. The van der Waals surface area contributed by atoms with Crippen LogP contribution in [0.25, 0.3) is 0 Å². The third-order valence-corrected chi connectivity index (χ3v) is 4.13. The highest BCUT2D eigenvalue weighted by molar-refractivity contribution is 9.10. The molecule has 1 aromatic carbocycles. The van der Waals surface area contributed by atoms with Crippen LogP contribution < -0.4 is 15.1 Å². The maximum atomic E-state index is 12.6. The minimum atomic E-state index is -0.370. The molecule has 0 saturated carbocycles. The quantitative estimate of drug-likeness (QED) is 0.822. The molecule has 6 heteroatoms. The molecule has 114 valence electrons. The molecule has 0 N–H and O–H groups in total. The van der Waals surface area contributed by atoms with E-state index in [1.165, 1.54) is 19.4 Å². The Morgan fingerprint density at radius 3 is 2.91 bits per heavy atom. The summed E-state index contributed by atoms with van der Waals surface area (Å²) in [4.78, 5) is 26.1. The third kappa shape index (κ3) is 2.66. The number of amides is 1. The van der Waals surface area contributed by atoms with Gasteiger partial charge in [-0.1, -0.05) is 15.9 Å². The van der Waals surface area contributed by atoms with Crippen LogP contribution in [0.4, 0.5) is 5.69 Å². The van der Waals surface area contributed by atoms with Gasteiger partial charge in [-0.05, 0) is 36.6 Å². The van der Waals surface area contributed by atoms with Crippen LogP contribution in [0.5, 0.6) is 5.75 Å². The van der Waals surface area contributed by atoms with E-state index in [9.17, 15) is 9.59 Å². The van der Waals surface area contributed by atoms with E-state index in [2.05, 4.69) is 15.9 Å². The fourth-order valence-corrected chi connectivity index (χ4v) is 2.98. The fraction of sp³-hybridized carbons (Fsp3) is 0.250. The highest BCUT2D eigenvalue weighted by atomic mass is 79.9. The maximum Gasteiger partial charge on any atom is 0.294 e. The van der Waals surface area contributed by atoms with Gasteiger partial charge in [0.25, 0.3) is 5.91 Å². The largest absolute Gasteiger partial charge is 0.490 e. The van der Waals surface area contributed by atoms with Crippen molar-refractivity contribution in [2.75, 3.05) is 18.6 Å². The van der Waals surface area contributed by atoms with Crippen LogP contribution in [-0.2, 0) is 6.42 Å². The highest BCUT2D eigenvalue weighted by Crippen LogP contribution is 2.30. The molecular weight excluding hydrogens is 350 g/mol. The van der Waals surface area contributed by atoms with E-state index in [4.69, 9.17) is 9.15 Å². The summed E-state index contributed by atoms with van der Waals surface area (Å²) >= 11 is 3.44. The van der Waals surface area contributed by atoms with Crippen LogP contribution in [0.3, 0.4) is 0 Å². The molecule has 0 bridgehead atoms. The smallest absolute Gasteiger partial charge is 0.294 e. The highest BCUT2D eigenvalue weighted by Gasteiger charge is 2.25. The van der Waals surface area contributed by atoms with Crippen LogP contribution in [0.2, 0.25) is 0 Å². The number of methoxy groups -OCH3 is 1. The molecule has 0 aliphatic carbocycles. The number of ether oxygens (including phenoxy) is 1. The Labute approximate surface area is 135 Å². The van der Waals surface area contributed by atoms with Gasteiger partial charge in [0.05, 0.1) is 7.11 Å². The molecule has 0 saturated heterocycles. The van der Waals surface area contributed by atoms with Gasteiger partial charge in [-0.3, -0.25) is 9.59 Å². The Hall–Kier alpha value is -2.08. The van der Waals surface area contributed by atoms with Crippen molar-refractivity contribution >= 4 is 27.5 Å². The number of carbonyl (C=O) groups is 1. The second kappa shape index (κ2) is 5.96. The Bertz CT molecular complexity index is 784. The predicted octanol–water partition coefficient (Wildman–Crippen LogP) is 3.00. The summed E-state index contributed by atoms with van der Waals surface area (Å²) in [7, 11) is 1.38. The molecular formula is C16H14BrNO4. The molecule has 0 atom stereocenters. The second-order valence-corrected chi connectivity index (χ2v) is 5.93. The summed E-state index contributed by atoms with van der Waals surface area (Å²) in [5.74, 6) is -0.218. The van der Waals surface area contributed by atoms with Crippen molar-refractivity contribution in [2.24, 2.45) is 0 Å². The van der Waals surface area contributed by atoms with E-state index >= 15 is 0 Å². The van der Waals surface area contributed by atoms with Crippen LogP contribution in [0.1, 0.15) is 22.5 Å². The van der Waals surface area contributed by atoms with Gasteiger partial charge in [-0.15, -0.1) is 0 Å². The molecule has 1 amide bonds. The van der Waals surface area contributed by atoms with E-state index in [1.807, 2.05) is 18.2 Å². The minimum Gasteiger partial charge on any atom is -0.490 e. The molecule has 22 heavy (non-hydrogen) atoms. The summed E-state index contributed by atoms with van der Waals surface area (Å²) in [5.41, 5.74) is 1.59. The number of halogens is 1. The van der Waals surface area contributed by atoms with Crippen molar-refractivity contribution in [2.45, 2.75) is 12.8 Å². The zero-order chi connectivity index (χ0) is 15.7. The monoisotopic (exact) mass is 363 g/mol. The van der Waals surface area contributed by atoms with Gasteiger partial charge in [-0.2, -0.15) is 0 Å².